The molecule has 0 radical (unpaired) electrons. The molecule has 1 aromatic heterocycles. The number of aromatic nitrogens is 2. The Morgan fingerprint density at radius 2 is 1.94 bits per heavy atom. The topological polar surface area (TPSA) is 93.9 Å². The van der Waals surface area contributed by atoms with E-state index < -0.39 is 11.6 Å². The van der Waals surface area contributed by atoms with Crippen molar-refractivity contribution in [2.45, 2.75) is 65.0 Å². The highest BCUT2D eigenvalue weighted by Crippen LogP contribution is 2.64. The Balaban J connectivity index is 1.58. The number of carbonyl (C=O) groups excluding carboxylic acids is 1. The van der Waals surface area contributed by atoms with E-state index in [4.69, 9.17) is 14.5 Å². The summed E-state index contributed by atoms with van der Waals surface area (Å²) in [4.78, 5) is 30.8. The summed E-state index contributed by atoms with van der Waals surface area (Å²) in [5, 5.41) is 9.51. The van der Waals surface area contributed by atoms with Crippen LogP contribution in [-0.2, 0) is 16.0 Å². The third-order valence-corrected chi connectivity index (χ3v) is 6.75. The van der Waals surface area contributed by atoms with Crippen LogP contribution in [0, 0.1) is 12.3 Å². The Morgan fingerprint density at radius 3 is 2.53 bits per heavy atom. The molecule has 1 N–H and O–H groups in total. The van der Waals surface area contributed by atoms with Gasteiger partial charge in [-0.2, -0.15) is 0 Å². The average Bonchev–Trinajstić information content (AvgIpc) is 3.26. The van der Waals surface area contributed by atoms with Gasteiger partial charge in [0, 0.05) is 32.7 Å². The van der Waals surface area contributed by atoms with E-state index in [0.717, 1.165) is 41.7 Å². The van der Waals surface area contributed by atoms with Crippen LogP contribution < -0.4 is 0 Å². The molecule has 32 heavy (non-hydrogen) atoms. The van der Waals surface area contributed by atoms with Crippen LogP contribution >= 0.6 is 0 Å². The van der Waals surface area contributed by atoms with E-state index in [1.165, 1.54) is 0 Å². The highest BCUT2D eigenvalue weighted by molar-refractivity contribution is 5.94. The van der Waals surface area contributed by atoms with Crippen LogP contribution in [0.3, 0.4) is 0 Å². The summed E-state index contributed by atoms with van der Waals surface area (Å²) in [7, 11) is 1.66. The van der Waals surface area contributed by atoms with Crippen molar-refractivity contribution < 1.29 is 24.2 Å². The van der Waals surface area contributed by atoms with Crippen LogP contribution in [-0.4, -0.2) is 64.0 Å². The van der Waals surface area contributed by atoms with Gasteiger partial charge in [0.1, 0.15) is 11.4 Å². The fourth-order valence-electron chi connectivity index (χ4n) is 4.94. The van der Waals surface area contributed by atoms with E-state index in [0.29, 0.717) is 32.2 Å². The number of aromatic carboxylic acids is 1. The van der Waals surface area contributed by atoms with E-state index >= 15 is 0 Å². The van der Waals surface area contributed by atoms with Gasteiger partial charge in [0.2, 0.25) is 0 Å². The molecule has 1 aliphatic carbocycles. The summed E-state index contributed by atoms with van der Waals surface area (Å²) >= 11 is 0. The molecule has 8 nitrogen and oxygen atoms in total. The molecule has 8 heteroatoms. The summed E-state index contributed by atoms with van der Waals surface area (Å²) in [5.74, 6) is 0.377. The predicted octanol–water partition coefficient (Wildman–Crippen LogP) is 4.19. The molecule has 1 atom stereocenters. The Labute approximate surface area is 188 Å². The number of nitrogens with zero attached hydrogens (tertiary/aromatic N) is 3. The number of carboxylic acids is 1. The van der Waals surface area contributed by atoms with Gasteiger partial charge in [0.25, 0.3) is 0 Å². The van der Waals surface area contributed by atoms with Crippen molar-refractivity contribution in [3.8, 4) is 0 Å². The van der Waals surface area contributed by atoms with Gasteiger partial charge in [-0.3, -0.25) is 0 Å². The molecule has 1 spiro atoms. The molecule has 4 rings (SSSR count). The number of methoxy groups -OCH3 is 1. The third kappa shape index (κ3) is 4.20. The minimum absolute atomic E-state index is 0.147. The molecule has 1 unspecified atom stereocenters. The molecule has 1 aromatic carbocycles. The van der Waals surface area contributed by atoms with Gasteiger partial charge in [-0.25, -0.2) is 14.6 Å². The van der Waals surface area contributed by atoms with Gasteiger partial charge in [-0.1, -0.05) is 0 Å². The number of amides is 1. The second-order valence-electron chi connectivity index (χ2n) is 10.2. The number of piperidine rings is 1. The summed E-state index contributed by atoms with van der Waals surface area (Å²) in [6.45, 7) is 10.1. The first-order chi connectivity index (χ1) is 15.0. The molecule has 174 valence electrons. The molecule has 2 aliphatic rings. The van der Waals surface area contributed by atoms with Gasteiger partial charge in [0.05, 0.1) is 23.2 Å². The van der Waals surface area contributed by atoms with Crippen LogP contribution in [0.2, 0.25) is 0 Å². The lowest BCUT2D eigenvalue weighted by molar-refractivity contribution is 0.0169. The number of carbonyl (C=O) groups is 2. The SMILES string of the molecule is COCCn1c(C2CC23CCN(C(=O)OC(C)(C)C)CC3)nc2c(C)cc(C(=O)O)cc21. The number of ether oxygens (including phenoxy) is 2. The maximum atomic E-state index is 12.4. The lowest BCUT2D eigenvalue weighted by Crippen LogP contribution is -2.42. The molecule has 1 saturated heterocycles. The molecular formula is C24H33N3O5. The average molecular weight is 444 g/mol. The smallest absolute Gasteiger partial charge is 0.410 e. The quantitative estimate of drug-likeness (QED) is 0.745. The van der Waals surface area contributed by atoms with Crippen molar-refractivity contribution in [2.75, 3.05) is 26.8 Å². The summed E-state index contributed by atoms with van der Waals surface area (Å²) < 4.78 is 13.0. The van der Waals surface area contributed by atoms with Gasteiger partial charge < -0.3 is 24.0 Å². The lowest BCUT2D eigenvalue weighted by atomic mass is 9.91. The number of rotatable bonds is 5. The van der Waals surface area contributed by atoms with E-state index in [9.17, 15) is 14.7 Å². The van der Waals surface area contributed by atoms with Crippen LogP contribution in [0.25, 0.3) is 11.0 Å². The minimum atomic E-state index is -0.937. The van der Waals surface area contributed by atoms with Gasteiger partial charge in [-0.05, 0) is 70.1 Å². The van der Waals surface area contributed by atoms with Gasteiger partial charge in [-0.15, -0.1) is 0 Å². The maximum absolute atomic E-state index is 12.4. The minimum Gasteiger partial charge on any atom is -0.478 e. The standard InChI is InChI=1S/C24H33N3O5/c1-15-12-16(21(28)29)13-18-19(15)25-20(27(18)10-11-31-5)17-14-24(17)6-8-26(9-7-24)22(30)32-23(2,3)4/h12-13,17H,6-11,14H2,1-5H3,(H,28,29). The number of likely N-dealkylation sites (tertiary alicyclic amines) is 1. The second-order valence-corrected chi connectivity index (χ2v) is 10.2. The maximum Gasteiger partial charge on any atom is 0.410 e. The monoisotopic (exact) mass is 443 g/mol. The molecule has 1 saturated carbocycles. The van der Waals surface area contributed by atoms with Crippen molar-refractivity contribution in [2.24, 2.45) is 5.41 Å². The third-order valence-electron chi connectivity index (χ3n) is 6.75. The first-order valence-electron chi connectivity index (χ1n) is 11.3. The molecular weight excluding hydrogens is 410 g/mol. The number of hydrogen-bond acceptors (Lipinski definition) is 5. The molecule has 2 heterocycles. The molecule has 0 bridgehead atoms. The van der Waals surface area contributed by atoms with Gasteiger partial charge >= 0.3 is 12.1 Å². The number of benzene rings is 1. The molecule has 1 aliphatic heterocycles. The molecule has 2 aromatic rings. The second kappa shape index (κ2) is 8.06. The summed E-state index contributed by atoms with van der Waals surface area (Å²) in [6, 6.07) is 3.40. The summed E-state index contributed by atoms with van der Waals surface area (Å²) in [5.41, 5.74) is 2.50. The van der Waals surface area contributed by atoms with E-state index in [-0.39, 0.29) is 17.1 Å². The largest absolute Gasteiger partial charge is 0.478 e. The Kier molecular flexibility index (Phi) is 5.69. The van der Waals surface area contributed by atoms with Crippen LogP contribution in [0.1, 0.15) is 67.7 Å². The Hall–Kier alpha value is -2.61. The van der Waals surface area contributed by atoms with E-state index in [1.807, 2.05) is 32.6 Å². The highest BCUT2D eigenvalue weighted by atomic mass is 16.6. The Morgan fingerprint density at radius 1 is 1.25 bits per heavy atom. The number of hydrogen-bond donors (Lipinski definition) is 1. The zero-order valence-electron chi connectivity index (χ0n) is 19.6. The first-order valence-corrected chi connectivity index (χ1v) is 11.3. The fraction of sp³-hybridized carbons (Fsp3) is 0.625. The zero-order chi connectivity index (χ0) is 23.3. The first kappa shape index (κ1) is 22.6. The lowest BCUT2D eigenvalue weighted by Gasteiger charge is -2.34. The number of fused-ring (bicyclic) bond motifs is 1. The van der Waals surface area contributed by atoms with E-state index in [1.54, 1.807) is 19.2 Å². The van der Waals surface area contributed by atoms with Crippen LogP contribution in [0.15, 0.2) is 12.1 Å². The van der Waals surface area contributed by atoms with Crippen LogP contribution in [0.4, 0.5) is 4.79 Å². The van der Waals surface area contributed by atoms with Crippen molar-refractivity contribution in [1.82, 2.24) is 14.5 Å². The van der Waals surface area contributed by atoms with Crippen molar-refractivity contribution in [3.05, 3.63) is 29.1 Å². The Bertz CT molecular complexity index is 1040. The van der Waals surface area contributed by atoms with Crippen LogP contribution in [0.5, 0.6) is 0 Å². The normalized spacial score (nSPS) is 20.0. The molecule has 2 fully saturated rings. The highest BCUT2D eigenvalue weighted by Gasteiger charge is 2.58. The van der Waals surface area contributed by atoms with Gasteiger partial charge in [0.15, 0.2) is 0 Å². The van der Waals surface area contributed by atoms with Crippen molar-refractivity contribution in [1.29, 1.82) is 0 Å². The molecule has 1 amide bonds. The number of carboxylic acid groups (broad SMARTS) is 1. The van der Waals surface area contributed by atoms with E-state index in [2.05, 4.69) is 4.57 Å². The zero-order valence-corrected chi connectivity index (χ0v) is 19.6. The number of aryl methyl sites for hydroxylation is 1. The predicted molar refractivity (Wildman–Crippen MR) is 120 cm³/mol. The fourth-order valence-corrected chi connectivity index (χ4v) is 4.94. The van der Waals surface area contributed by atoms with Crippen molar-refractivity contribution in [3.63, 3.8) is 0 Å². The van der Waals surface area contributed by atoms with Crippen molar-refractivity contribution >= 4 is 23.1 Å². The number of imidazole rings is 1. The summed E-state index contributed by atoms with van der Waals surface area (Å²) in [6.07, 6.45) is 2.64.